The summed E-state index contributed by atoms with van der Waals surface area (Å²) in [5.74, 6) is 0.143. The van der Waals surface area contributed by atoms with Crippen molar-refractivity contribution in [2.24, 2.45) is 5.41 Å². The van der Waals surface area contributed by atoms with Crippen LogP contribution in [0.15, 0.2) is 29.2 Å². The first-order valence-electron chi connectivity index (χ1n) is 5.68. The maximum absolute atomic E-state index is 11.5. The number of rotatable bonds is 5. The molecule has 106 valence electrons. The fourth-order valence-corrected chi connectivity index (χ4v) is 2.01. The third-order valence-corrected chi connectivity index (χ3v) is 3.72. The normalized spacial score (nSPS) is 12.0. The predicted octanol–water partition coefficient (Wildman–Crippen LogP) is 1.67. The summed E-state index contributed by atoms with van der Waals surface area (Å²) in [4.78, 5) is 11.7. The molecule has 5 nitrogen and oxygen atoms in total. The van der Waals surface area contributed by atoms with Gasteiger partial charge in [0.1, 0.15) is 12.4 Å². The molecule has 19 heavy (non-hydrogen) atoms. The molecule has 0 radical (unpaired) electrons. The van der Waals surface area contributed by atoms with Gasteiger partial charge in [-0.1, -0.05) is 0 Å². The lowest BCUT2D eigenvalue weighted by Gasteiger charge is -2.21. The number of methoxy groups -OCH3 is 1. The summed E-state index contributed by atoms with van der Waals surface area (Å²) in [5.41, 5.74) is -0.760. The van der Waals surface area contributed by atoms with Crippen LogP contribution >= 0.6 is 0 Å². The number of ether oxygens (including phenoxy) is 2. The fraction of sp³-hybridized carbons (Fsp3) is 0.462. The molecule has 0 N–H and O–H groups in total. The van der Waals surface area contributed by atoms with Gasteiger partial charge in [-0.05, 0) is 38.1 Å². The van der Waals surface area contributed by atoms with Crippen molar-refractivity contribution in [3.8, 4) is 5.75 Å². The highest BCUT2D eigenvalue weighted by atomic mass is 32.2. The number of hydrogen-bond acceptors (Lipinski definition) is 5. The largest absolute Gasteiger partial charge is 0.492 e. The molecule has 0 bridgehead atoms. The Labute approximate surface area is 113 Å². The molecule has 0 heterocycles. The molecular formula is C13H18O5S. The van der Waals surface area contributed by atoms with Crippen molar-refractivity contribution >= 4 is 15.8 Å². The van der Waals surface area contributed by atoms with E-state index >= 15 is 0 Å². The molecule has 0 aliphatic heterocycles. The van der Waals surface area contributed by atoms with Gasteiger partial charge in [-0.15, -0.1) is 0 Å². The topological polar surface area (TPSA) is 69.7 Å². The summed E-state index contributed by atoms with van der Waals surface area (Å²) in [6, 6.07) is 6.05. The lowest BCUT2D eigenvalue weighted by molar-refractivity contribution is -0.152. The Hall–Kier alpha value is -1.56. The van der Waals surface area contributed by atoms with Gasteiger partial charge in [-0.25, -0.2) is 8.42 Å². The van der Waals surface area contributed by atoms with Crippen LogP contribution in [-0.4, -0.2) is 34.4 Å². The highest BCUT2D eigenvalue weighted by molar-refractivity contribution is 7.90. The zero-order valence-corrected chi connectivity index (χ0v) is 12.3. The standard InChI is InChI=1S/C13H18O5S/c1-13(2,12(14)17-3)9-18-10-5-7-11(8-6-10)19(4,15)16/h5-8H,9H2,1-4H3. The first-order valence-corrected chi connectivity index (χ1v) is 7.57. The lowest BCUT2D eigenvalue weighted by Crippen LogP contribution is -2.32. The quantitative estimate of drug-likeness (QED) is 0.770. The minimum absolute atomic E-state index is 0.151. The van der Waals surface area contributed by atoms with Gasteiger partial charge in [0.15, 0.2) is 9.84 Å². The molecule has 6 heteroatoms. The van der Waals surface area contributed by atoms with Gasteiger partial charge >= 0.3 is 5.97 Å². The van der Waals surface area contributed by atoms with Crippen LogP contribution in [0.1, 0.15) is 13.8 Å². The molecule has 0 amide bonds. The highest BCUT2D eigenvalue weighted by Crippen LogP contribution is 2.21. The molecular weight excluding hydrogens is 268 g/mol. The molecule has 0 saturated heterocycles. The van der Waals surface area contributed by atoms with Crippen molar-refractivity contribution in [1.29, 1.82) is 0 Å². The molecule has 0 fully saturated rings. The van der Waals surface area contributed by atoms with Crippen molar-refractivity contribution in [2.45, 2.75) is 18.7 Å². The van der Waals surface area contributed by atoms with Crippen LogP contribution in [0.3, 0.4) is 0 Å². The molecule has 0 aliphatic carbocycles. The Morgan fingerprint density at radius 2 is 1.74 bits per heavy atom. The summed E-state index contributed by atoms with van der Waals surface area (Å²) in [5, 5.41) is 0. The molecule has 0 aromatic heterocycles. The molecule has 0 atom stereocenters. The molecule has 0 spiro atoms. The van der Waals surface area contributed by atoms with Crippen LogP contribution in [-0.2, 0) is 19.4 Å². The van der Waals surface area contributed by atoms with E-state index in [1.807, 2.05) is 0 Å². The first-order chi connectivity index (χ1) is 8.66. The third-order valence-electron chi connectivity index (χ3n) is 2.59. The van der Waals surface area contributed by atoms with Crippen LogP contribution in [0.4, 0.5) is 0 Å². The van der Waals surface area contributed by atoms with E-state index in [4.69, 9.17) is 4.74 Å². The highest BCUT2D eigenvalue weighted by Gasteiger charge is 2.29. The second kappa shape index (κ2) is 5.61. The number of carbonyl (C=O) groups excluding carboxylic acids is 1. The summed E-state index contributed by atoms with van der Waals surface area (Å²) in [7, 11) is -1.89. The van der Waals surface area contributed by atoms with Gasteiger partial charge in [0.2, 0.25) is 0 Å². The van der Waals surface area contributed by atoms with Crippen LogP contribution in [0.2, 0.25) is 0 Å². The van der Waals surface area contributed by atoms with E-state index in [1.165, 1.54) is 19.2 Å². The molecule has 0 unspecified atom stereocenters. The lowest BCUT2D eigenvalue weighted by atomic mass is 9.95. The number of esters is 1. The second-order valence-electron chi connectivity index (χ2n) is 4.91. The summed E-state index contributed by atoms with van der Waals surface area (Å²) in [6.45, 7) is 3.57. The second-order valence-corrected chi connectivity index (χ2v) is 6.92. The van der Waals surface area contributed by atoms with E-state index in [2.05, 4.69) is 4.74 Å². The SMILES string of the molecule is COC(=O)C(C)(C)COc1ccc(S(C)(=O)=O)cc1. The molecule has 0 aliphatic rings. The zero-order chi connectivity index (χ0) is 14.7. The Kier molecular flexibility index (Phi) is 4.57. The predicted molar refractivity (Wildman–Crippen MR) is 70.8 cm³/mol. The maximum atomic E-state index is 11.5. The monoisotopic (exact) mass is 286 g/mol. The summed E-state index contributed by atoms with van der Waals surface area (Å²) < 4.78 is 32.7. The average Bonchev–Trinajstić information content (AvgIpc) is 2.35. The van der Waals surface area contributed by atoms with Crippen LogP contribution in [0.25, 0.3) is 0 Å². The Bertz CT molecular complexity index is 543. The van der Waals surface area contributed by atoms with E-state index in [0.717, 1.165) is 6.26 Å². The molecule has 0 saturated carbocycles. The number of sulfone groups is 1. The van der Waals surface area contributed by atoms with Crippen molar-refractivity contribution in [2.75, 3.05) is 20.0 Å². The van der Waals surface area contributed by atoms with Gasteiger partial charge in [0, 0.05) is 6.26 Å². The van der Waals surface area contributed by atoms with Gasteiger partial charge in [0.05, 0.1) is 17.4 Å². The van der Waals surface area contributed by atoms with E-state index in [9.17, 15) is 13.2 Å². The van der Waals surface area contributed by atoms with Crippen molar-refractivity contribution < 1.29 is 22.7 Å². The van der Waals surface area contributed by atoms with E-state index in [-0.39, 0.29) is 17.5 Å². The Balaban J connectivity index is 2.72. The number of hydrogen-bond donors (Lipinski definition) is 0. The number of benzene rings is 1. The first kappa shape index (κ1) is 15.5. The van der Waals surface area contributed by atoms with Crippen molar-refractivity contribution in [3.05, 3.63) is 24.3 Å². The van der Waals surface area contributed by atoms with Crippen LogP contribution < -0.4 is 4.74 Å². The average molecular weight is 286 g/mol. The van der Waals surface area contributed by atoms with E-state index < -0.39 is 15.3 Å². The molecule has 1 aromatic carbocycles. The van der Waals surface area contributed by atoms with Gasteiger partial charge in [-0.3, -0.25) is 4.79 Å². The summed E-state index contributed by atoms with van der Waals surface area (Å²) in [6.07, 6.45) is 1.14. The van der Waals surface area contributed by atoms with Gasteiger partial charge in [-0.2, -0.15) is 0 Å². The fourth-order valence-electron chi connectivity index (χ4n) is 1.38. The molecule has 1 aromatic rings. The van der Waals surface area contributed by atoms with Crippen molar-refractivity contribution in [1.82, 2.24) is 0 Å². The van der Waals surface area contributed by atoms with Crippen LogP contribution in [0.5, 0.6) is 5.75 Å². The third kappa shape index (κ3) is 4.24. The Morgan fingerprint density at radius 1 is 1.21 bits per heavy atom. The molecule has 1 rings (SSSR count). The number of carbonyl (C=O) groups is 1. The van der Waals surface area contributed by atoms with Gasteiger partial charge < -0.3 is 9.47 Å². The van der Waals surface area contributed by atoms with E-state index in [1.54, 1.807) is 26.0 Å². The van der Waals surface area contributed by atoms with Crippen LogP contribution in [0, 0.1) is 5.41 Å². The van der Waals surface area contributed by atoms with E-state index in [0.29, 0.717) is 5.75 Å². The smallest absolute Gasteiger partial charge is 0.314 e. The van der Waals surface area contributed by atoms with Gasteiger partial charge in [0.25, 0.3) is 0 Å². The summed E-state index contributed by atoms with van der Waals surface area (Å²) >= 11 is 0. The minimum atomic E-state index is -3.21. The van der Waals surface area contributed by atoms with Crippen molar-refractivity contribution in [3.63, 3.8) is 0 Å². The zero-order valence-electron chi connectivity index (χ0n) is 11.5. The maximum Gasteiger partial charge on any atom is 0.314 e. The minimum Gasteiger partial charge on any atom is -0.492 e. The Morgan fingerprint density at radius 3 is 2.16 bits per heavy atom.